The highest BCUT2D eigenvalue weighted by Crippen LogP contribution is 2.15. The first-order valence-corrected chi connectivity index (χ1v) is 7.59. The second-order valence-corrected chi connectivity index (χ2v) is 5.66. The number of carbonyl (C=O) groups excluding carboxylic acids is 2. The fraction of sp³-hybridized carbons (Fsp3) is 0.176. The maximum atomic E-state index is 11.9. The Hall–Kier alpha value is -2.14. The Labute approximate surface area is 137 Å². The molecular weight excluding hydrogens is 346 g/mol. The van der Waals surface area contributed by atoms with Gasteiger partial charge in [-0.25, -0.2) is 0 Å². The Kier molecular flexibility index (Phi) is 5.72. The molecule has 1 N–H and O–H groups in total. The maximum absolute atomic E-state index is 11.9. The SMILES string of the molecule is Cc1ccc(COC(=O)CNC(=O)c2ccccc2Br)cc1. The van der Waals surface area contributed by atoms with E-state index in [9.17, 15) is 9.59 Å². The lowest BCUT2D eigenvalue weighted by Gasteiger charge is -2.08. The second kappa shape index (κ2) is 7.75. The molecule has 0 radical (unpaired) electrons. The van der Waals surface area contributed by atoms with Gasteiger partial charge in [-0.2, -0.15) is 0 Å². The minimum atomic E-state index is -0.471. The number of halogens is 1. The molecular formula is C17H16BrNO3. The van der Waals surface area contributed by atoms with Gasteiger partial charge >= 0.3 is 5.97 Å². The molecule has 22 heavy (non-hydrogen) atoms. The molecule has 0 aliphatic rings. The number of amides is 1. The number of hydrogen-bond acceptors (Lipinski definition) is 3. The van der Waals surface area contributed by atoms with Gasteiger partial charge in [0, 0.05) is 4.47 Å². The first-order chi connectivity index (χ1) is 10.6. The molecule has 0 atom stereocenters. The van der Waals surface area contributed by atoms with Crippen LogP contribution in [0.15, 0.2) is 53.0 Å². The highest BCUT2D eigenvalue weighted by atomic mass is 79.9. The van der Waals surface area contributed by atoms with Gasteiger partial charge in [0.1, 0.15) is 13.2 Å². The van der Waals surface area contributed by atoms with Crippen LogP contribution in [0.4, 0.5) is 0 Å². The normalized spacial score (nSPS) is 10.1. The molecule has 4 nitrogen and oxygen atoms in total. The van der Waals surface area contributed by atoms with Crippen LogP contribution in [0.25, 0.3) is 0 Å². The largest absolute Gasteiger partial charge is 0.460 e. The van der Waals surface area contributed by atoms with Crippen molar-refractivity contribution < 1.29 is 14.3 Å². The minimum absolute atomic E-state index is 0.161. The topological polar surface area (TPSA) is 55.4 Å². The Morgan fingerprint density at radius 1 is 1.09 bits per heavy atom. The molecule has 2 aromatic carbocycles. The molecule has 0 saturated carbocycles. The van der Waals surface area contributed by atoms with E-state index in [4.69, 9.17) is 4.74 Å². The lowest BCUT2D eigenvalue weighted by Crippen LogP contribution is -2.30. The summed E-state index contributed by atoms with van der Waals surface area (Å²) in [4.78, 5) is 23.6. The van der Waals surface area contributed by atoms with Gasteiger partial charge in [0.05, 0.1) is 5.56 Å². The lowest BCUT2D eigenvalue weighted by molar-refractivity contribution is -0.143. The number of nitrogens with one attached hydrogen (secondary N) is 1. The summed E-state index contributed by atoms with van der Waals surface area (Å²) in [5.41, 5.74) is 2.54. The van der Waals surface area contributed by atoms with Crippen molar-refractivity contribution in [3.8, 4) is 0 Å². The quantitative estimate of drug-likeness (QED) is 0.831. The number of esters is 1. The van der Waals surface area contributed by atoms with Crippen molar-refractivity contribution in [1.29, 1.82) is 0 Å². The maximum Gasteiger partial charge on any atom is 0.325 e. The monoisotopic (exact) mass is 361 g/mol. The van der Waals surface area contributed by atoms with Crippen LogP contribution < -0.4 is 5.32 Å². The van der Waals surface area contributed by atoms with Crippen molar-refractivity contribution in [2.24, 2.45) is 0 Å². The van der Waals surface area contributed by atoms with Gasteiger partial charge in [-0.15, -0.1) is 0 Å². The van der Waals surface area contributed by atoms with Gasteiger partial charge in [-0.3, -0.25) is 9.59 Å². The molecule has 5 heteroatoms. The summed E-state index contributed by atoms with van der Waals surface area (Å²) in [6.07, 6.45) is 0. The predicted molar refractivity (Wildman–Crippen MR) is 87.5 cm³/mol. The third-order valence-corrected chi connectivity index (χ3v) is 3.72. The molecule has 0 bridgehead atoms. The van der Waals surface area contributed by atoms with Crippen LogP contribution >= 0.6 is 15.9 Å². The molecule has 114 valence electrons. The van der Waals surface area contributed by atoms with Crippen molar-refractivity contribution in [3.05, 3.63) is 69.7 Å². The summed E-state index contributed by atoms with van der Waals surface area (Å²) >= 11 is 3.29. The summed E-state index contributed by atoms with van der Waals surface area (Å²) in [6, 6.07) is 14.7. The Morgan fingerprint density at radius 3 is 2.45 bits per heavy atom. The predicted octanol–water partition coefficient (Wildman–Crippen LogP) is 3.23. The van der Waals surface area contributed by atoms with E-state index in [0.29, 0.717) is 10.0 Å². The molecule has 0 heterocycles. The molecule has 2 aromatic rings. The zero-order valence-corrected chi connectivity index (χ0v) is 13.7. The van der Waals surface area contributed by atoms with Gasteiger partial charge in [-0.1, -0.05) is 42.0 Å². The fourth-order valence-electron chi connectivity index (χ4n) is 1.79. The average molecular weight is 362 g/mol. The summed E-state index contributed by atoms with van der Waals surface area (Å²) in [6.45, 7) is 2.03. The standard InChI is InChI=1S/C17H16BrNO3/c1-12-6-8-13(9-7-12)11-22-16(20)10-19-17(21)14-4-2-3-5-15(14)18/h2-9H,10-11H2,1H3,(H,19,21). The van der Waals surface area contributed by atoms with Crippen LogP contribution in [0.5, 0.6) is 0 Å². The zero-order chi connectivity index (χ0) is 15.9. The number of hydrogen-bond donors (Lipinski definition) is 1. The third kappa shape index (κ3) is 4.70. The van der Waals surface area contributed by atoms with Gasteiger partial charge in [0.2, 0.25) is 0 Å². The number of aryl methyl sites for hydroxylation is 1. The molecule has 0 aliphatic carbocycles. The highest BCUT2D eigenvalue weighted by molar-refractivity contribution is 9.10. The van der Waals surface area contributed by atoms with Crippen LogP contribution in [0, 0.1) is 6.92 Å². The van der Waals surface area contributed by atoms with E-state index in [-0.39, 0.29) is 19.1 Å². The summed E-state index contributed by atoms with van der Waals surface area (Å²) in [5.74, 6) is -0.791. The zero-order valence-electron chi connectivity index (χ0n) is 12.1. The van der Waals surface area contributed by atoms with Crippen LogP contribution in [0.3, 0.4) is 0 Å². The van der Waals surface area contributed by atoms with Crippen LogP contribution in [0.2, 0.25) is 0 Å². The number of carbonyl (C=O) groups is 2. The number of ether oxygens (including phenoxy) is 1. The van der Waals surface area contributed by atoms with Crippen LogP contribution in [-0.4, -0.2) is 18.4 Å². The Morgan fingerprint density at radius 2 is 1.77 bits per heavy atom. The van der Waals surface area contributed by atoms with Crippen molar-refractivity contribution >= 4 is 27.8 Å². The van der Waals surface area contributed by atoms with Crippen molar-refractivity contribution in [1.82, 2.24) is 5.32 Å². The molecule has 0 spiro atoms. The summed E-state index contributed by atoms with van der Waals surface area (Å²) in [5, 5.41) is 2.54. The van der Waals surface area contributed by atoms with E-state index >= 15 is 0 Å². The average Bonchev–Trinajstić information content (AvgIpc) is 2.52. The lowest BCUT2D eigenvalue weighted by atomic mass is 10.2. The van der Waals surface area contributed by atoms with Crippen molar-refractivity contribution in [2.75, 3.05) is 6.54 Å². The summed E-state index contributed by atoms with van der Waals surface area (Å²) in [7, 11) is 0. The number of rotatable bonds is 5. The Bertz CT molecular complexity index is 668. The fourth-order valence-corrected chi connectivity index (χ4v) is 2.26. The minimum Gasteiger partial charge on any atom is -0.460 e. The van der Waals surface area contributed by atoms with Crippen molar-refractivity contribution in [3.63, 3.8) is 0 Å². The van der Waals surface area contributed by atoms with Gasteiger partial charge in [0.25, 0.3) is 5.91 Å². The van der Waals surface area contributed by atoms with Crippen LogP contribution in [0.1, 0.15) is 21.5 Å². The molecule has 0 fully saturated rings. The first-order valence-electron chi connectivity index (χ1n) is 6.80. The van der Waals surface area contributed by atoms with Gasteiger partial charge in [0.15, 0.2) is 0 Å². The van der Waals surface area contributed by atoms with Gasteiger partial charge < -0.3 is 10.1 Å². The molecule has 0 saturated heterocycles. The summed E-state index contributed by atoms with van der Waals surface area (Å²) < 4.78 is 5.80. The number of benzene rings is 2. The van der Waals surface area contributed by atoms with E-state index in [2.05, 4.69) is 21.2 Å². The molecule has 2 rings (SSSR count). The first kappa shape index (κ1) is 16.2. The molecule has 0 unspecified atom stereocenters. The van der Waals surface area contributed by atoms with Gasteiger partial charge in [-0.05, 0) is 40.5 Å². The second-order valence-electron chi connectivity index (χ2n) is 4.81. The van der Waals surface area contributed by atoms with E-state index < -0.39 is 5.97 Å². The smallest absolute Gasteiger partial charge is 0.325 e. The van der Waals surface area contributed by atoms with E-state index in [1.54, 1.807) is 18.2 Å². The highest BCUT2D eigenvalue weighted by Gasteiger charge is 2.11. The molecule has 0 aliphatic heterocycles. The molecule has 1 amide bonds. The molecule has 0 aromatic heterocycles. The van der Waals surface area contributed by atoms with Crippen LogP contribution in [-0.2, 0) is 16.1 Å². The van der Waals surface area contributed by atoms with E-state index in [1.807, 2.05) is 37.3 Å². The third-order valence-electron chi connectivity index (χ3n) is 3.03. The van der Waals surface area contributed by atoms with E-state index in [0.717, 1.165) is 11.1 Å². The van der Waals surface area contributed by atoms with Crippen molar-refractivity contribution in [2.45, 2.75) is 13.5 Å². The van der Waals surface area contributed by atoms with E-state index in [1.165, 1.54) is 0 Å². The Balaban J connectivity index is 1.79.